The molecule has 1 aliphatic rings. The third-order valence-electron chi connectivity index (χ3n) is 3.42. The lowest BCUT2D eigenvalue weighted by molar-refractivity contribution is 0.0616. The lowest BCUT2D eigenvalue weighted by Crippen LogP contribution is -2.56. The Balaban J connectivity index is 2.23. The first-order chi connectivity index (χ1) is 9.02. The normalized spacial score (nSPS) is 23.3. The lowest BCUT2D eigenvalue weighted by atomic mass is 10.1. The topological polar surface area (TPSA) is 41.6 Å². The molecule has 2 rings (SSSR count). The summed E-state index contributed by atoms with van der Waals surface area (Å²) in [7, 11) is 1.39. The van der Waals surface area contributed by atoms with Gasteiger partial charge in [0.1, 0.15) is 0 Å². The van der Waals surface area contributed by atoms with Crippen LogP contribution in [0.15, 0.2) is 18.2 Å². The molecule has 1 saturated heterocycles. The second-order valence-corrected chi connectivity index (χ2v) is 4.97. The fourth-order valence-corrected chi connectivity index (χ4v) is 2.26. The Labute approximate surface area is 112 Å². The van der Waals surface area contributed by atoms with E-state index in [1.54, 1.807) is 0 Å². The predicted molar refractivity (Wildman–Crippen MR) is 70.9 cm³/mol. The Morgan fingerprint density at radius 2 is 2.21 bits per heavy atom. The SMILES string of the molecule is COc1cc(C(=O)N2CC(C)NCC2C)ccc1F. The standard InChI is InChI=1S/C14H19FN2O2/c1-9-8-17(10(2)7-16-9)14(18)11-4-5-12(15)13(6-11)19-3/h4-6,9-10,16H,7-8H2,1-3H3. The Bertz CT molecular complexity index is 479. The molecule has 2 unspecified atom stereocenters. The number of hydrogen-bond donors (Lipinski definition) is 1. The van der Waals surface area contributed by atoms with Gasteiger partial charge in [-0.15, -0.1) is 0 Å². The van der Waals surface area contributed by atoms with Gasteiger partial charge < -0.3 is 15.0 Å². The van der Waals surface area contributed by atoms with Crippen molar-refractivity contribution < 1.29 is 13.9 Å². The number of ether oxygens (including phenoxy) is 1. The van der Waals surface area contributed by atoms with E-state index in [9.17, 15) is 9.18 Å². The molecular weight excluding hydrogens is 247 g/mol. The van der Waals surface area contributed by atoms with Gasteiger partial charge in [-0.2, -0.15) is 0 Å². The third-order valence-corrected chi connectivity index (χ3v) is 3.42. The number of nitrogens with one attached hydrogen (secondary N) is 1. The molecule has 2 atom stereocenters. The van der Waals surface area contributed by atoms with Crippen LogP contribution in [0.3, 0.4) is 0 Å². The van der Waals surface area contributed by atoms with E-state index in [0.29, 0.717) is 12.1 Å². The molecule has 1 aromatic rings. The van der Waals surface area contributed by atoms with E-state index >= 15 is 0 Å². The van der Waals surface area contributed by atoms with Gasteiger partial charge in [0.2, 0.25) is 0 Å². The summed E-state index contributed by atoms with van der Waals surface area (Å²) in [6.45, 7) is 5.46. The van der Waals surface area contributed by atoms with Crippen molar-refractivity contribution in [1.29, 1.82) is 0 Å². The van der Waals surface area contributed by atoms with Gasteiger partial charge in [-0.1, -0.05) is 0 Å². The minimum Gasteiger partial charge on any atom is -0.494 e. The molecule has 1 amide bonds. The number of benzene rings is 1. The van der Waals surface area contributed by atoms with Crippen molar-refractivity contribution in [2.24, 2.45) is 0 Å². The van der Waals surface area contributed by atoms with Gasteiger partial charge in [0.05, 0.1) is 7.11 Å². The maximum absolute atomic E-state index is 13.4. The van der Waals surface area contributed by atoms with Crippen molar-refractivity contribution in [1.82, 2.24) is 10.2 Å². The molecule has 1 aromatic carbocycles. The van der Waals surface area contributed by atoms with Gasteiger partial charge in [-0.05, 0) is 32.0 Å². The van der Waals surface area contributed by atoms with Crippen molar-refractivity contribution in [3.8, 4) is 5.75 Å². The van der Waals surface area contributed by atoms with Gasteiger partial charge in [-0.3, -0.25) is 4.79 Å². The number of rotatable bonds is 2. The first-order valence-corrected chi connectivity index (χ1v) is 6.40. The molecule has 4 nitrogen and oxygen atoms in total. The zero-order valence-electron chi connectivity index (χ0n) is 11.4. The van der Waals surface area contributed by atoms with E-state index in [1.807, 2.05) is 18.7 Å². The van der Waals surface area contributed by atoms with Crippen LogP contribution in [0.2, 0.25) is 0 Å². The van der Waals surface area contributed by atoms with Crippen LogP contribution in [0, 0.1) is 5.82 Å². The molecule has 1 heterocycles. The van der Waals surface area contributed by atoms with E-state index in [1.165, 1.54) is 25.3 Å². The van der Waals surface area contributed by atoms with Crippen LogP contribution in [-0.4, -0.2) is 43.1 Å². The molecule has 1 aliphatic heterocycles. The van der Waals surface area contributed by atoms with Gasteiger partial charge in [0.15, 0.2) is 11.6 Å². The highest BCUT2D eigenvalue weighted by Crippen LogP contribution is 2.20. The molecular formula is C14H19FN2O2. The largest absolute Gasteiger partial charge is 0.494 e. The maximum atomic E-state index is 13.4. The average Bonchev–Trinajstić information content (AvgIpc) is 2.41. The number of carbonyl (C=O) groups excluding carboxylic acids is 1. The maximum Gasteiger partial charge on any atom is 0.254 e. The molecule has 0 bridgehead atoms. The number of nitrogens with zero attached hydrogens (tertiary/aromatic N) is 1. The minimum absolute atomic E-state index is 0.0841. The fourth-order valence-electron chi connectivity index (χ4n) is 2.26. The van der Waals surface area contributed by atoms with Crippen molar-refractivity contribution in [2.45, 2.75) is 25.9 Å². The summed E-state index contributed by atoms with van der Waals surface area (Å²) in [6, 6.07) is 4.61. The second-order valence-electron chi connectivity index (χ2n) is 4.97. The van der Waals surface area contributed by atoms with Crippen LogP contribution in [-0.2, 0) is 0 Å². The Morgan fingerprint density at radius 1 is 1.47 bits per heavy atom. The van der Waals surface area contributed by atoms with Crippen molar-refractivity contribution in [3.63, 3.8) is 0 Å². The van der Waals surface area contributed by atoms with Crippen molar-refractivity contribution in [3.05, 3.63) is 29.6 Å². The highest BCUT2D eigenvalue weighted by atomic mass is 19.1. The van der Waals surface area contributed by atoms with Crippen LogP contribution in [0.5, 0.6) is 5.75 Å². The zero-order chi connectivity index (χ0) is 14.0. The molecule has 19 heavy (non-hydrogen) atoms. The van der Waals surface area contributed by atoms with E-state index in [0.717, 1.165) is 6.54 Å². The second kappa shape index (κ2) is 5.57. The lowest BCUT2D eigenvalue weighted by Gasteiger charge is -2.37. The van der Waals surface area contributed by atoms with Crippen LogP contribution in [0.4, 0.5) is 4.39 Å². The molecule has 104 valence electrons. The summed E-state index contributed by atoms with van der Waals surface area (Å²) in [4.78, 5) is 14.3. The number of halogens is 1. The Kier molecular flexibility index (Phi) is 4.04. The number of carbonyl (C=O) groups is 1. The summed E-state index contributed by atoms with van der Waals surface area (Å²) in [5.41, 5.74) is 0.458. The Morgan fingerprint density at radius 3 is 2.89 bits per heavy atom. The summed E-state index contributed by atoms with van der Waals surface area (Å²) in [6.07, 6.45) is 0. The van der Waals surface area contributed by atoms with Crippen molar-refractivity contribution >= 4 is 5.91 Å². The first kappa shape index (κ1) is 13.8. The average molecular weight is 266 g/mol. The third kappa shape index (κ3) is 2.87. The molecule has 0 aromatic heterocycles. The Hall–Kier alpha value is -1.62. The molecule has 0 spiro atoms. The predicted octanol–water partition coefficient (Wildman–Crippen LogP) is 1.66. The quantitative estimate of drug-likeness (QED) is 0.885. The molecule has 0 saturated carbocycles. The number of amides is 1. The number of piperazine rings is 1. The van der Waals surface area contributed by atoms with E-state index in [2.05, 4.69) is 5.32 Å². The monoisotopic (exact) mass is 266 g/mol. The summed E-state index contributed by atoms with van der Waals surface area (Å²) in [5.74, 6) is -0.443. The number of hydrogen-bond acceptors (Lipinski definition) is 3. The van der Waals surface area contributed by atoms with Crippen LogP contribution < -0.4 is 10.1 Å². The highest BCUT2D eigenvalue weighted by molar-refractivity contribution is 5.95. The molecule has 1 fully saturated rings. The first-order valence-electron chi connectivity index (χ1n) is 6.40. The molecule has 0 radical (unpaired) electrons. The van der Waals surface area contributed by atoms with Gasteiger partial charge >= 0.3 is 0 Å². The summed E-state index contributed by atoms with van der Waals surface area (Å²) in [5, 5.41) is 3.32. The van der Waals surface area contributed by atoms with Crippen LogP contribution >= 0.6 is 0 Å². The van der Waals surface area contributed by atoms with Gasteiger partial charge in [0, 0.05) is 30.7 Å². The molecule has 0 aliphatic carbocycles. The van der Waals surface area contributed by atoms with E-state index in [4.69, 9.17) is 4.74 Å². The zero-order valence-corrected chi connectivity index (χ0v) is 11.4. The van der Waals surface area contributed by atoms with Crippen molar-refractivity contribution in [2.75, 3.05) is 20.2 Å². The fraction of sp³-hybridized carbons (Fsp3) is 0.500. The highest BCUT2D eigenvalue weighted by Gasteiger charge is 2.27. The van der Waals surface area contributed by atoms with Crippen LogP contribution in [0.25, 0.3) is 0 Å². The van der Waals surface area contributed by atoms with Gasteiger partial charge in [-0.25, -0.2) is 4.39 Å². The summed E-state index contributed by atoms with van der Waals surface area (Å²) < 4.78 is 18.3. The number of methoxy groups -OCH3 is 1. The summed E-state index contributed by atoms with van der Waals surface area (Å²) >= 11 is 0. The van der Waals surface area contributed by atoms with E-state index in [-0.39, 0.29) is 23.7 Å². The van der Waals surface area contributed by atoms with Crippen LogP contribution in [0.1, 0.15) is 24.2 Å². The molecule has 1 N–H and O–H groups in total. The smallest absolute Gasteiger partial charge is 0.254 e. The minimum atomic E-state index is -0.458. The van der Waals surface area contributed by atoms with E-state index < -0.39 is 5.82 Å². The van der Waals surface area contributed by atoms with Gasteiger partial charge in [0.25, 0.3) is 5.91 Å². The molecule has 5 heteroatoms.